The summed E-state index contributed by atoms with van der Waals surface area (Å²) < 4.78 is 7.29. The average molecular weight is 397 g/mol. The Kier molecular flexibility index (Phi) is 4.53. The topological polar surface area (TPSA) is 35.2 Å². The molecule has 2 N–H and O–H groups in total. The molecule has 2 nitrogen and oxygen atoms in total. The van der Waals surface area contributed by atoms with Crippen LogP contribution >= 0.6 is 34.4 Å². The Balaban J connectivity index is 1.67. The highest BCUT2D eigenvalue weighted by molar-refractivity contribution is 14.1. The largest absolute Gasteiger partial charge is 0.487 e. The van der Waals surface area contributed by atoms with E-state index in [9.17, 15) is 0 Å². The molecule has 104 valence electrons. The molecule has 0 saturated carbocycles. The number of hydrogen-bond donors (Lipinski definition) is 1. The van der Waals surface area contributed by atoms with Crippen molar-refractivity contribution < 1.29 is 4.74 Å². The van der Waals surface area contributed by atoms with Crippen LogP contribution in [0, 0.1) is 3.57 Å². The van der Waals surface area contributed by atoms with Gasteiger partial charge >= 0.3 is 0 Å². The SMILES string of the molecule is NC(Cc1ccc(I)cc1)C1CSc2ccccc2O1. The first kappa shape index (κ1) is 14.2. The van der Waals surface area contributed by atoms with E-state index in [4.69, 9.17) is 10.5 Å². The Bertz CT molecular complexity index is 587. The first-order valence-electron chi connectivity index (χ1n) is 6.61. The monoisotopic (exact) mass is 397 g/mol. The second kappa shape index (κ2) is 6.37. The first-order valence-corrected chi connectivity index (χ1v) is 8.67. The van der Waals surface area contributed by atoms with Gasteiger partial charge in [-0.25, -0.2) is 0 Å². The van der Waals surface area contributed by atoms with Crippen LogP contribution in [0.4, 0.5) is 0 Å². The molecule has 0 radical (unpaired) electrons. The van der Waals surface area contributed by atoms with Gasteiger partial charge in [0.2, 0.25) is 0 Å². The molecule has 0 fully saturated rings. The molecule has 1 aliphatic heterocycles. The Labute approximate surface area is 137 Å². The molecule has 2 aromatic carbocycles. The molecule has 2 unspecified atom stereocenters. The molecule has 0 bridgehead atoms. The number of halogens is 1. The van der Waals surface area contributed by atoms with Crippen LogP contribution in [0.1, 0.15) is 5.56 Å². The van der Waals surface area contributed by atoms with Crippen LogP contribution in [-0.4, -0.2) is 17.9 Å². The number of rotatable bonds is 3. The zero-order chi connectivity index (χ0) is 13.9. The van der Waals surface area contributed by atoms with Gasteiger partial charge in [-0.1, -0.05) is 24.3 Å². The van der Waals surface area contributed by atoms with E-state index < -0.39 is 0 Å². The quantitative estimate of drug-likeness (QED) is 0.803. The van der Waals surface area contributed by atoms with Gasteiger partial charge in [-0.05, 0) is 58.8 Å². The predicted octanol–water partition coefficient (Wildman–Crippen LogP) is 3.71. The third kappa shape index (κ3) is 3.30. The number of ether oxygens (including phenoxy) is 1. The zero-order valence-corrected chi connectivity index (χ0v) is 13.9. The fourth-order valence-corrected chi connectivity index (χ4v) is 3.72. The second-order valence-electron chi connectivity index (χ2n) is 4.91. The number of thioether (sulfide) groups is 1. The van der Waals surface area contributed by atoms with E-state index in [1.807, 2.05) is 30.0 Å². The van der Waals surface area contributed by atoms with Crippen molar-refractivity contribution in [1.82, 2.24) is 0 Å². The van der Waals surface area contributed by atoms with Crippen LogP contribution < -0.4 is 10.5 Å². The second-order valence-corrected chi connectivity index (χ2v) is 7.22. The third-order valence-corrected chi connectivity index (χ3v) is 5.26. The van der Waals surface area contributed by atoms with E-state index in [1.165, 1.54) is 14.0 Å². The van der Waals surface area contributed by atoms with Crippen molar-refractivity contribution in [1.29, 1.82) is 0 Å². The highest BCUT2D eigenvalue weighted by Gasteiger charge is 2.25. The van der Waals surface area contributed by atoms with E-state index in [0.717, 1.165) is 17.9 Å². The molecule has 0 aromatic heterocycles. The minimum absolute atomic E-state index is 0.0240. The lowest BCUT2D eigenvalue weighted by molar-refractivity contribution is 0.184. The maximum absolute atomic E-state index is 6.34. The van der Waals surface area contributed by atoms with Crippen molar-refractivity contribution in [3.63, 3.8) is 0 Å². The smallest absolute Gasteiger partial charge is 0.133 e. The molecule has 2 aromatic rings. The van der Waals surface area contributed by atoms with Gasteiger partial charge in [-0.3, -0.25) is 0 Å². The van der Waals surface area contributed by atoms with Gasteiger partial charge in [-0.2, -0.15) is 0 Å². The van der Waals surface area contributed by atoms with E-state index in [-0.39, 0.29) is 12.1 Å². The Hall–Kier alpha value is -0.720. The average Bonchev–Trinajstić information content (AvgIpc) is 2.49. The van der Waals surface area contributed by atoms with Gasteiger partial charge in [0, 0.05) is 20.3 Å². The van der Waals surface area contributed by atoms with Gasteiger partial charge in [0.25, 0.3) is 0 Å². The van der Waals surface area contributed by atoms with E-state index in [0.29, 0.717) is 0 Å². The van der Waals surface area contributed by atoms with Crippen molar-refractivity contribution in [2.24, 2.45) is 5.73 Å². The minimum Gasteiger partial charge on any atom is -0.487 e. The van der Waals surface area contributed by atoms with Gasteiger partial charge in [-0.15, -0.1) is 11.8 Å². The summed E-state index contributed by atoms with van der Waals surface area (Å²) >= 11 is 4.15. The Morgan fingerprint density at radius 2 is 1.95 bits per heavy atom. The summed E-state index contributed by atoms with van der Waals surface area (Å²) in [5.74, 6) is 1.88. The van der Waals surface area contributed by atoms with Gasteiger partial charge in [0.15, 0.2) is 0 Å². The van der Waals surface area contributed by atoms with Crippen LogP contribution in [0.5, 0.6) is 5.75 Å². The lowest BCUT2D eigenvalue weighted by Gasteiger charge is -2.29. The highest BCUT2D eigenvalue weighted by Crippen LogP contribution is 2.35. The zero-order valence-electron chi connectivity index (χ0n) is 11.0. The normalized spacial score (nSPS) is 19.0. The molecule has 0 aliphatic carbocycles. The predicted molar refractivity (Wildman–Crippen MR) is 92.4 cm³/mol. The standard InChI is InChI=1S/C16H16INOS/c17-12-7-5-11(6-8-12)9-13(18)15-10-20-16-4-2-1-3-14(16)19-15/h1-8,13,15H,9-10,18H2. The molecule has 0 amide bonds. The summed E-state index contributed by atoms with van der Waals surface area (Å²) in [7, 11) is 0. The Morgan fingerprint density at radius 3 is 2.75 bits per heavy atom. The number of hydrogen-bond acceptors (Lipinski definition) is 3. The van der Waals surface area contributed by atoms with E-state index in [2.05, 4.69) is 52.9 Å². The van der Waals surface area contributed by atoms with Crippen LogP contribution in [0.3, 0.4) is 0 Å². The van der Waals surface area contributed by atoms with E-state index in [1.54, 1.807) is 0 Å². The molecule has 0 spiro atoms. The van der Waals surface area contributed by atoms with Crippen molar-refractivity contribution in [3.05, 3.63) is 57.7 Å². The molecular formula is C16H16INOS. The third-order valence-electron chi connectivity index (χ3n) is 3.39. The highest BCUT2D eigenvalue weighted by atomic mass is 127. The molecule has 20 heavy (non-hydrogen) atoms. The number of nitrogens with two attached hydrogens (primary N) is 1. The number of para-hydroxylation sites is 1. The summed E-state index contributed by atoms with van der Waals surface area (Å²) in [6.07, 6.45) is 0.929. The van der Waals surface area contributed by atoms with Crippen LogP contribution in [0.15, 0.2) is 53.4 Å². The first-order chi connectivity index (χ1) is 9.72. The van der Waals surface area contributed by atoms with Crippen LogP contribution in [0.2, 0.25) is 0 Å². The van der Waals surface area contributed by atoms with Crippen LogP contribution in [-0.2, 0) is 6.42 Å². The molecule has 2 atom stereocenters. The lowest BCUT2D eigenvalue weighted by Crippen LogP contribution is -2.43. The minimum atomic E-state index is 0.0240. The molecule has 3 rings (SSSR count). The fraction of sp³-hybridized carbons (Fsp3) is 0.250. The maximum atomic E-state index is 6.34. The molecule has 4 heteroatoms. The number of fused-ring (bicyclic) bond motifs is 1. The molecule has 1 aliphatic rings. The van der Waals surface area contributed by atoms with Gasteiger partial charge < -0.3 is 10.5 Å². The fourth-order valence-electron chi connectivity index (χ4n) is 2.27. The summed E-state index contributed by atoms with van der Waals surface area (Å²) in [4.78, 5) is 1.21. The maximum Gasteiger partial charge on any atom is 0.133 e. The van der Waals surface area contributed by atoms with Crippen molar-refractivity contribution in [2.75, 3.05) is 5.75 Å². The molecule has 1 heterocycles. The summed E-state index contributed by atoms with van der Waals surface area (Å²) in [5, 5.41) is 0. The van der Waals surface area contributed by atoms with Crippen molar-refractivity contribution in [3.8, 4) is 5.75 Å². The molecular weight excluding hydrogens is 381 g/mol. The summed E-state index contributed by atoms with van der Waals surface area (Å²) in [5.41, 5.74) is 7.60. The van der Waals surface area contributed by atoms with Crippen molar-refractivity contribution >= 4 is 34.4 Å². The Morgan fingerprint density at radius 1 is 1.20 bits per heavy atom. The van der Waals surface area contributed by atoms with Gasteiger partial charge in [0.1, 0.15) is 11.9 Å². The lowest BCUT2D eigenvalue weighted by atomic mass is 10.0. The van der Waals surface area contributed by atoms with Gasteiger partial charge in [0.05, 0.1) is 0 Å². The number of benzene rings is 2. The summed E-state index contributed by atoms with van der Waals surface area (Å²) in [6.45, 7) is 0. The molecule has 0 saturated heterocycles. The van der Waals surface area contributed by atoms with Crippen molar-refractivity contribution in [2.45, 2.75) is 23.5 Å². The summed E-state index contributed by atoms with van der Waals surface area (Å²) in [6, 6.07) is 16.7. The van der Waals surface area contributed by atoms with Crippen LogP contribution in [0.25, 0.3) is 0 Å². The van der Waals surface area contributed by atoms with E-state index >= 15 is 0 Å².